The van der Waals surface area contributed by atoms with E-state index in [1.54, 1.807) is 18.2 Å². The Balaban J connectivity index is 1.17. The van der Waals surface area contributed by atoms with E-state index in [-0.39, 0.29) is 42.5 Å². The topological polar surface area (TPSA) is 107 Å². The molecule has 2 saturated heterocycles. The fourth-order valence-corrected chi connectivity index (χ4v) is 6.90. The van der Waals surface area contributed by atoms with Crippen LogP contribution in [0.1, 0.15) is 15.9 Å². The third kappa shape index (κ3) is 6.50. The number of hydrogen-bond acceptors (Lipinski definition) is 7. The van der Waals surface area contributed by atoms with Gasteiger partial charge in [-0.1, -0.05) is 36.4 Å². The second kappa shape index (κ2) is 12.2. The first-order valence-electron chi connectivity index (χ1n) is 12.9. The summed E-state index contributed by atoms with van der Waals surface area (Å²) in [5, 5.41) is 2.24. The Morgan fingerprint density at radius 2 is 1.63 bits per heavy atom. The molecule has 2 aliphatic rings. The molecule has 3 amide bonds. The predicted octanol–water partition coefficient (Wildman–Crippen LogP) is 3.80. The molecule has 0 spiro atoms. The summed E-state index contributed by atoms with van der Waals surface area (Å²) in [5.74, 6) is -1.28. The molecule has 0 aromatic heterocycles. The van der Waals surface area contributed by atoms with Gasteiger partial charge >= 0.3 is 0 Å². The molecule has 2 aliphatic heterocycles. The fraction of sp³-hybridized carbons (Fsp3) is 0.207. The molecule has 5 rings (SSSR count). The summed E-state index contributed by atoms with van der Waals surface area (Å²) in [6, 6.07) is 21.0. The molecule has 12 heteroatoms. The van der Waals surface area contributed by atoms with Crippen LogP contribution in [-0.4, -0.2) is 73.9 Å². The van der Waals surface area contributed by atoms with Crippen LogP contribution in [0.15, 0.2) is 88.7 Å². The Morgan fingerprint density at radius 3 is 2.34 bits per heavy atom. The Bertz CT molecular complexity index is 1590. The average molecular weight is 595 g/mol. The highest BCUT2D eigenvalue weighted by atomic mass is 32.2. The van der Waals surface area contributed by atoms with Gasteiger partial charge in [0.05, 0.1) is 9.80 Å². The van der Waals surface area contributed by atoms with Crippen molar-refractivity contribution in [2.24, 2.45) is 0 Å². The van der Waals surface area contributed by atoms with Crippen LogP contribution in [0.3, 0.4) is 0 Å². The first-order valence-corrected chi connectivity index (χ1v) is 15.2. The molecule has 0 aliphatic carbocycles. The van der Waals surface area contributed by atoms with E-state index < -0.39 is 27.1 Å². The zero-order chi connectivity index (χ0) is 29.0. The molecule has 2 heterocycles. The number of carbonyl (C=O) groups excluding carboxylic acids is 3. The number of halogens is 1. The highest BCUT2D eigenvalue weighted by Crippen LogP contribution is 2.32. The monoisotopic (exact) mass is 594 g/mol. The number of nitrogens with one attached hydrogen (secondary N) is 1. The molecule has 3 aromatic carbocycles. The Labute approximate surface area is 241 Å². The zero-order valence-corrected chi connectivity index (χ0v) is 23.5. The second-order valence-electron chi connectivity index (χ2n) is 9.40. The zero-order valence-electron chi connectivity index (χ0n) is 21.9. The number of carbonyl (C=O) groups is 3. The van der Waals surface area contributed by atoms with Crippen molar-refractivity contribution in [3.63, 3.8) is 0 Å². The minimum atomic E-state index is -3.85. The largest absolute Gasteiger partial charge is 0.369 e. The summed E-state index contributed by atoms with van der Waals surface area (Å²) in [7, 11) is -3.85. The van der Waals surface area contributed by atoms with Crippen molar-refractivity contribution in [2.75, 3.05) is 44.2 Å². The number of imide groups is 1. The van der Waals surface area contributed by atoms with Gasteiger partial charge in [-0.3, -0.25) is 19.3 Å². The molecular formula is C29H27FN4O5S2. The molecule has 9 nitrogen and oxygen atoms in total. The summed E-state index contributed by atoms with van der Waals surface area (Å²) in [6.07, 6.45) is 1.65. The van der Waals surface area contributed by atoms with Crippen LogP contribution in [0.2, 0.25) is 0 Å². The Kier molecular flexibility index (Phi) is 8.52. The van der Waals surface area contributed by atoms with Gasteiger partial charge in [0.1, 0.15) is 5.82 Å². The number of rotatable bonds is 8. The van der Waals surface area contributed by atoms with Crippen LogP contribution in [0.5, 0.6) is 0 Å². The smallest absolute Gasteiger partial charge is 0.293 e. The third-order valence-corrected chi connectivity index (χ3v) is 9.56. The van der Waals surface area contributed by atoms with Gasteiger partial charge in [-0.25, -0.2) is 12.8 Å². The van der Waals surface area contributed by atoms with Crippen LogP contribution in [0.4, 0.5) is 14.9 Å². The minimum Gasteiger partial charge on any atom is -0.369 e. The standard InChI is InChI=1S/C29H27FN4O5S2/c30-23-9-11-24(12-10-23)32-15-17-33(18-16-32)41(38,39)25-8-4-7-22(20-25)27(35)31-13-14-34-28(36)26(40-29(34)37)19-21-5-2-1-3-6-21/h1-12,19-20H,13-18H2,(H,31,35)/b26-19-. The van der Waals surface area contributed by atoms with Crippen LogP contribution in [0.25, 0.3) is 6.08 Å². The maximum atomic E-state index is 13.3. The molecule has 3 aromatic rings. The third-order valence-electron chi connectivity index (χ3n) is 6.76. The lowest BCUT2D eigenvalue weighted by atomic mass is 10.2. The Morgan fingerprint density at radius 1 is 0.927 bits per heavy atom. The molecule has 2 fully saturated rings. The molecular weight excluding hydrogens is 567 g/mol. The normalized spacial score (nSPS) is 17.3. The maximum absolute atomic E-state index is 13.3. The lowest BCUT2D eigenvalue weighted by molar-refractivity contribution is -0.122. The lowest BCUT2D eigenvalue weighted by Gasteiger charge is -2.35. The van der Waals surface area contributed by atoms with E-state index in [2.05, 4.69) is 5.32 Å². The molecule has 0 bridgehead atoms. The van der Waals surface area contributed by atoms with Gasteiger partial charge in [0, 0.05) is 50.5 Å². The molecule has 0 radical (unpaired) electrons. The summed E-state index contributed by atoms with van der Waals surface area (Å²) in [5.41, 5.74) is 1.77. The number of piperazine rings is 1. The second-order valence-corrected chi connectivity index (χ2v) is 12.3. The fourth-order valence-electron chi connectivity index (χ4n) is 4.56. The number of nitrogens with zero attached hydrogens (tertiary/aromatic N) is 3. The SMILES string of the molecule is O=C(NCCN1C(=O)S/C(=C\c2ccccc2)C1=O)c1cccc(S(=O)(=O)N2CCN(c3ccc(F)cc3)CC2)c1. The number of anilines is 1. The molecule has 0 saturated carbocycles. The van der Waals surface area contributed by atoms with Crippen molar-refractivity contribution >= 4 is 50.6 Å². The van der Waals surface area contributed by atoms with Crippen molar-refractivity contribution < 1.29 is 27.2 Å². The van der Waals surface area contributed by atoms with Crippen LogP contribution in [-0.2, 0) is 14.8 Å². The van der Waals surface area contributed by atoms with Crippen molar-refractivity contribution in [1.29, 1.82) is 0 Å². The minimum absolute atomic E-state index is 0.00243. The van der Waals surface area contributed by atoms with Gasteiger partial charge in [0.25, 0.3) is 17.1 Å². The quantitative estimate of drug-likeness (QED) is 0.396. The molecule has 0 atom stereocenters. The Hall–Kier alpha value is -4.00. The van der Waals surface area contributed by atoms with Gasteiger partial charge in [0.15, 0.2) is 0 Å². The highest BCUT2D eigenvalue weighted by molar-refractivity contribution is 8.18. The van der Waals surface area contributed by atoms with Crippen LogP contribution >= 0.6 is 11.8 Å². The van der Waals surface area contributed by atoms with Gasteiger partial charge in [-0.15, -0.1) is 0 Å². The van der Waals surface area contributed by atoms with Crippen molar-refractivity contribution in [2.45, 2.75) is 4.90 Å². The number of amides is 3. The van der Waals surface area contributed by atoms with Crippen molar-refractivity contribution in [1.82, 2.24) is 14.5 Å². The highest BCUT2D eigenvalue weighted by Gasteiger charge is 2.35. The van der Waals surface area contributed by atoms with E-state index in [0.717, 1.165) is 27.9 Å². The number of sulfonamides is 1. The molecule has 212 valence electrons. The first kappa shape index (κ1) is 28.5. The average Bonchev–Trinajstić information content (AvgIpc) is 3.25. The van der Waals surface area contributed by atoms with E-state index >= 15 is 0 Å². The van der Waals surface area contributed by atoms with Crippen molar-refractivity contribution in [3.8, 4) is 0 Å². The maximum Gasteiger partial charge on any atom is 0.293 e. The predicted molar refractivity (Wildman–Crippen MR) is 155 cm³/mol. The lowest BCUT2D eigenvalue weighted by Crippen LogP contribution is -2.48. The van der Waals surface area contributed by atoms with Gasteiger partial charge in [-0.2, -0.15) is 4.31 Å². The van der Waals surface area contributed by atoms with E-state index in [1.807, 2.05) is 35.2 Å². The van der Waals surface area contributed by atoms with E-state index in [9.17, 15) is 27.2 Å². The molecule has 0 unspecified atom stereocenters. The van der Waals surface area contributed by atoms with Gasteiger partial charge in [0.2, 0.25) is 10.0 Å². The number of benzene rings is 3. The van der Waals surface area contributed by atoms with Gasteiger partial charge in [-0.05, 0) is 65.9 Å². The molecule has 1 N–H and O–H groups in total. The summed E-state index contributed by atoms with van der Waals surface area (Å²) >= 11 is 0.846. The summed E-state index contributed by atoms with van der Waals surface area (Å²) in [4.78, 5) is 41.3. The molecule has 41 heavy (non-hydrogen) atoms. The van der Waals surface area contributed by atoms with Crippen molar-refractivity contribution in [3.05, 3.63) is 101 Å². The summed E-state index contributed by atoms with van der Waals surface area (Å²) in [6.45, 7) is 1.37. The van der Waals surface area contributed by atoms with Crippen LogP contribution < -0.4 is 10.2 Å². The van der Waals surface area contributed by atoms with Gasteiger partial charge < -0.3 is 10.2 Å². The number of hydrogen-bond donors (Lipinski definition) is 1. The van der Waals surface area contributed by atoms with Crippen LogP contribution in [0, 0.1) is 5.82 Å². The first-order chi connectivity index (χ1) is 19.7. The van der Waals surface area contributed by atoms with E-state index in [0.29, 0.717) is 18.0 Å². The van der Waals surface area contributed by atoms with E-state index in [4.69, 9.17) is 0 Å². The van der Waals surface area contributed by atoms with E-state index in [1.165, 1.54) is 40.7 Å². The number of thioether (sulfide) groups is 1. The summed E-state index contributed by atoms with van der Waals surface area (Å²) < 4.78 is 41.2.